The Morgan fingerprint density at radius 3 is 2.69 bits per heavy atom. The first-order valence-electron chi connectivity index (χ1n) is 5.44. The normalized spacial score (nSPS) is 17.2. The van der Waals surface area contributed by atoms with Gasteiger partial charge in [-0.15, -0.1) is 0 Å². The third kappa shape index (κ3) is 2.31. The van der Waals surface area contributed by atoms with Crippen molar-refractivity contribution in [2.75, 3.05) is 6.61 Å². The predicted molar refractivity (Wildman–Crippen MR) is 61.6 cm³/mol. The lowest BCUT2D eigenvalue weighted by Crippen LogP contribution is -2.24. The van der Waals surface area contributed by atoms with E-state index in [0.717, 1.165) is 18.4 Å². The van der Waals surface area contributed by atoms with Crippen molar-refractivity contribution in [3.8, 4) is 0 Å². The van der Waals surface area contributed by atoms with Crippen LogP contribution in [-0.2, 0) is 9.53 Å². The van der Waals surface area contributed by atoms with Crippen LogP contribution in [0.1, 0.15) is 24.4 Å². The quantitative estimate of drug-likeness (QED) is 0.841. The molecule has 84 valence electrons. The van der Waals surface area contributed by atoms with E-state index < -0.39 is 6.04 Å². The molecule has 1 aliphatic heterocycles. The van der Waals surface area contributed by atoms with Gasteiger partial charge in [0, 0.05) is 5.57 Å². The lowest BCUT2D eigenvalue weighted by molar-refractivity contribution is -0.117. The number of carbonyl (C=O) groups excluding carboxylic acids is 1. The average molecular weight is 217 g/mol. The van der Waals surface area contributed by atoms with Crippen LogP contribution < -0.4 is 5.73 Å². The molecule has 0 radical (unpaired) electrons. The van der Waals surface area contributed by atoms with Crippen LogP contribution in [0.2, 0.25) is 0 Å². The monoisotopic (exact) mass is 217 g/mol. The van der Waals surface area contributed by atoms with Gasteiger partial charge >= 0.3 is 0 Å². The summed E-state index contributed by atoms with van der Waals surface area (Å²) in [7, 11) is 0. The predicted octanol–water partition coefficient (Wildman–Crippen LogP) is 1.95. The highest BCUT2D eigenvalue weighted by atomic mass is 16.5. The van der Waals surface area contributed by atoms with Gasteiger partial charge in [0.2, 0.25) is 0 Å². The second-order valence-electron chi connectivity index (χ2n) is 3.87. The number of ketones is 1. The number of nitrogens with two attached hydrogens (primary N) is 1. The molecule has 16 heavy (non-hydrogen) atoms. The number of ether oxygens (including phenoxy) is 1. The van der Waals surface area contributed by atoms with Crippen LogP contribution in [0.15, 0.2) is 42.2 Å². The third-order valence-corrected chi connectivity index (χ3v) is 2.69. The molecule has 1 heterocycles. The number of benzene rings is 1. The van der Waals surface area contributed by atoms with Crippen LogP contribution in [0.4, 0.5) is 0 Å². The molecule has 1 aromatic carbocycles. The Morgan fingerprint density at radius 1 is 1.31 bits per heavy atom. The zero-order chi connectivity index (χ0) is 11.4. The van der Waals surface area contributed by atoms with Crippen molar-refractivity contribution in [3.63, 3.8) is 0 Å². The van der Waals surface area contributed by atoms with Gasteiger partial charge in [-0.3, -0.25) is 4.79 Å². The molecule has 1 aromatic rings. The molecule has 3 heteroatoms. The minimum Gasteiger partial charge on any atom is -0.501 e. The topological polar surface area (TPSA) is 52.3 Å². The highest BCUT2D eigenvalue weighted by Gasteiger charge is 2.21. The van der Waals surface area contributed by atoms with Gasteiger partial charge in [-0.25, -0.2) is 0 Å². The van der Waals surface area contributed by atoms with E-state index in [4.69, 9.17) is 10.5 Å². The fourth-order valence-corrected chi connectivity index (χ4v) is 1.76. The van der Waals surface area contributed by atoms with Crippen molar-refractivity contribution in [3.05, 3.63) is 47.7 Å². The van der Waals surface area contributed by atoms with Crippen molar-refractivity contribution < 1.29 is 9.53 Å². The molecular formula is C13H15NO2. The molecule has 2 N–H and O–H groups in total. The van der Waals surface area contributed by atoms with Gasteiger partial charge in [0.1, 0.15) is 0 Å². The van der Waals surface area contributed by atoms with E-state index in [-0.39, 0.29) is 5.78 Å². The van der Waals surface area contributed by atoms with E-state index >= 15 is 0 Å². The Balaban J connectivity index is 2.13. The lowest BCUT2D eigenvalue weighted by atomic mass is 9.96. The Hall–Kier alpha value is -1.61. The highest BCUT2D eigenvalue weighted by Crippen LogP contribution is 2.20. The maximum Gasteiger partial charge on any atom is 0.183 e. The summed E-state index contributed by atoms with van der Waals surface area (Å²) in [6, 6.07) is 8.83. The van der Waals surface area contributed by atoms with Gasteiger partial charge in [-0.05, 0) is 18.4 Å². The molecule has 1 aliphatic rings. The zero-order valence-electron chi connectivity index (χ0n) is 9.06. The van der Waals surface area contributed by atoms with Gasteiger partial charge in [0.15, 0.2) is 5.78 Å². The van der Waals surface area contributed by atoms with E-state index in [1.54, 1.807) is 6.26 Å². The molecule has 1 atom stereocenters. The fraction of sp³-hybridized carbons (Fsp3) is 0.308. The maximum atomic E-state index is 12.0. The second-order valence-corrected chi connectivity index (χ2v) is 3.87. The Kier molecular flexibility index (Phi) is 3.37. The largest absolute Gasteiger partial charge is 0.501 e. The number of rotatable bonds is 3. The summed E-state index contributed by atoms with van der Waals surface area (Å²) in [6.45, 7) is 0.692. The summed E-state index contributed by atoms with van der Waals surface area (Å²) in [5, 5.41) is 0. The van der Waals surface area contributed by atoms with Crippen molar-refractivity contribution in [1.29, 1.82) is 0 Å². The molecule has 0 aromatic heterocycles. The summed E-state index contributed by atoms with van der Waals surface area (Å²) in [4.78, 5) is 12.0. The molecule has 0 amide bonds. The summed E-state index contributed by atoms with van der Waals surface area (Å²) in [5.41, 5.74) is 7.47. The summed E-state index contributed by atoms with van der Waals surface area (Å²) < 4.78 is 5.15. The van der Waals surface area contributed by atoms with Crippen LogP contribution in [-0.4, -0.2) is 12.4 Å². The molecule has 3 nitrogen and oxygen atoms in total. The Labute approximate surface area is 94.9 Å². The first kappa shape index (κ1) is 10.9. The average Bonchev–Trinajstić information content (AvgIpc) is 2.39. The molecule has 0 saturated heterocycles. The van der Waals surface area contributed by atoms with Crippen LogP contribution in [0.3, 0.4) is 0 Å². The second kappa shape index (κ2) is 4.94. The van der Waals surface area contributed by atoms with E-state index in [1.165, 1.54) is 0 Å². The molecule has 2 rings (SSSR count). The van der Waals surface area contributed by atoms with E-state index in [0.29, 0.717) is 12.2 Å². The molecule has 0 aliphatic carbocycles. The first-order chi connectivity index (χ1) is 7.79. The molecule has 0 bridgehead atoms. The maximum absolute atomic E-state index is 12.0. The number of carbonyl (C=O) groups is 1. The molecule has 1 unspecified atom stereocenters. The van der Waals surface area contributed by atoms with Gasteiger partial charge in [0.25, 0.3) is 0 Å². The minimum atomic E-state index is -0.575. The number of hydrogen-bond acceptors (Lipinski definition) is 3. The van der Waals surface area contributed by atoms with Gasteiger partial charge in [-0.2, -0.15) is 0 Å². The zero-order valence-corrected chi connectivity index (χ0v) is 9.06. The van der Waals surface area contributed by atoms with Crippen molar-refractivity contribution in [2.45, 2.75) is 18.9 Å². The van der Waals surface area contributed by atoms with Gasteiger partial charge in [-0.1, -0.05) is 30.3 Å². The van der Waals surface area contributed by atoms with Crippen LogP contribution in [0, 0.1) is 0 Å². The van der Waals surface area contributed by atoms with E-state index in [1.807, 2.05) is 30.3 Å². The van der Waals surface area contributed by atoms with Gasteiger partial charge in [0.05, 0.1) is 18.9 Å². The lowest BCUT2D eigenvalue weighted by Gasteiger charge is -2.16. The first-order valence-corrected chi connectivity index (χ1v) is 5.44. The number of hydrogen-bond donors (Lipinski definition) is 1. The van der Waals surface area contributed by atoms with Gasteiger partial charge < -0.3 is 10.5 Å². The molecule has 0 spiro atoms. The smallest absolute Gasteiger partial charge is 0.183 e. The fourth-order valence-electron chi connectivity index (χ4n) is 1.76. The number of Topliss-reactive ketones (excluding diaryl/α,β-unsaturated/α-hetero) is 1. The third-order valence-electron chi connectivity index (χ3n) is 2.69. The standard InChI is InChI=1S/C13H15NO2/c14-12(10-5-2-1-3-6-10)13(15)11-7-4-8-16-9-11/h1-3,5-6,9,12H,4,7-8,14H2. The van der Waals surface area contributed by atoms with Crippen molar-refractivity contribution in [1.82, 2.24) is 0 Å². The molecular weight excluding hydrogens is 202 g/mol. The van der Waals surface area contributed by atoms with Crippen LogP contribution >= 0.6 is 0 Å². The highest BCUT2D eigenvalue weighted by molar-refractivity contribution is 5.99. The Morgan fingerprint density at radius 2 is 2.06 bits per heavy atom. The van der Waals surface area contributed by atoms with Crippen molar-refractivity contribution >= 4 is 5.78 Å². The molecule has 0 fully saturated rings. The SMILES string of the molecule is NC(C(=O)C1=COCCC1)c1ccccc1. The van der Waals surface area contributed by atoms with Crippen LogP contribution in [0.5, 0.6) is 0 Å². The van der Waals surface area contributed by atoms with E-state index in [2.05, 4.69) is 0 Å². The van der Waals surface area contributed by atoms with E-state index in [9.17, 15) is 4.79 Å². The summed E-state index contributed by atoms with van der Waals surface area (Å²) in [5.74, 6) is -0.0362. The Bertz CT molecular complexity index is 398. The minimum absolute atomic E-state index is 0.0362. The summed E-state index contributed by atoms with van der Waals surface area (Å²) >= 11 is 0. The molecule has 0 saturated carbocycles. The van der Waals surface area contributed by atoms with Crippen molar-refractivity contribution in [2.24, 2.45) is 5.73 Å². The summed E-state index contributed by atoms with van der Waals surface area (Å²) in [6.07, 6.45) is 3.20. The van der Waals surface area contributed by atoms with Crippen LogP contribution in [0.25, 0.3) is 0 Å².